The average Bonchev–Trinajstić information content (AvgIpc) is 4.12. The number of aliphatic hydroxyl groups excluding tert-OH is 2. The van der Waals surface area contributed by atoms with Gasteiger partial charge in [-0.25, -0.2) is 26.8 Å². The van der Waals surface area contributed by atoms with Crippen LogP contribution in [-0.2, 0) is 44.9 Å². The number of nitrogens with zero attached hydrogens (tertiary/aromatic N) is 2. The summed E-state index contributed by atoms with van der Waals surface area (Å²) in [5.41, 5.74) is 4.83. The molecule has 0 saturated heterocycles. The molecule has 0 fully saturated rings. The first-order chi connectivity index (χ1) is 37.0. The highest BCUT2D eigenvalue weighted by molar-refractivity contribution is 7.91. The second kappa shape index (κ2) is 25.1. The van der Waals surface area contributed by atoms with Gasteiger partial charge in [0, 0.05) is 45.9 Å². The number of amides is 2. The van der Waals surface area contributed by atoms with E-state index in [-0.39, 0.29) is 34.5 Å². The van der Waals surface area contributed by atoms with Crippen LogP contribution in [0.3, 0.4) is 0 Å². The predicted octanol–water partition coefficient (Wildman–Crippen LogP) is 11.4. The highest BCUT2D eigenvalue weighted by atomic mass is 32.2. The maximum absolute atomic E-state index is 12.8. The molecule has 2 unspecified atom stereocenters. The zero-order valence-electron chi connectivity index (χ0n) is 41.5. The lowest BCUT2D eigenvalue weighted by molar-refractivity contribution is -0.138. The Kier molecular flexibility index (Phi) is 18.9. The third-order valence-corrected chi connectivity index (χ3v) is 17.5. The Balaban J connectivity index is 0.000000226. The number of carbonyl (C=O) groups excluding carboxylic acids is 2. The summed E-state index contributed by atoms with van der Waals surface area (Å²) in [5.74, 6) is -0.868. The molecule has 4 N–H and O–H groups in total. The quantitative estimate of drug-likeness (QED) is 0.0601. The lowest BCUT2D eigenvalue weighted by Gasteiger charge is -2.17. The molecule has 0 aliphatic carbocycles. The molecule has 0 spiro atoms. The lowest BCUT2D eigenvalue weighted by atomic mass is 10.1. The standard InChI is InChI=1S/2C28H25F3N2O4S2/c2*1-2-39(36,37)23-13-9-19(10-14-23)24(16-34)33-27(35)21-7-5-20(6-8-21)25-17-38-26(32-25)15-18-3-11-22(12-4-18)28(29,30)31/h2*3-14,17,24,34H,2,15-16H2,1H3,(H,33,35). The van der Waals surface area contributed by atoms with Crippen LogP contribution >= 0.6 is 22.7 Å². The zero-order chi connectivity index (χ0) is 56.4. The van der Waals surface area contributed by atoms with E-state index in [1.54, 1.807) is 86.6 Å². The van der Waals surface area contributed by atoms with Gasteiger partial charge in [-0.05, 0) is 95.1 Å². The summed E-state index contributed by atoms with van der Waals surface area (Å²) in [5, 5.41) is 30.3. The SMILES string of the molecule is CCS(=O)(=O)c1ccc(C(CO)NC(=O)c2ccc(-c3csc(Cc4ccc(C(F)(F)F)cc4)n3)cc2)cc1.CCS(=O)(=O)c1ccc(C(CO)NC(=O)c2ccc(-c3csc(Cc4ccc(C(F)(F)F)cc4)n3)cc2)cc1. The Hall–Kier alpha value is -7.08. The minimum Gasteiger partial charge on any atom is -0.394 e. The molecule has 0 saturated carbocycles. The van der Waals surface area contributed by atoms with E-state index in [4.69, 9.17) is 0 Å². The predicted molar refractivity (Wildman–Crippen MR) is 287 cm³/mol. The number of hydrogen-bond donors (Lipinski definition) is 4. The number of thiazole rings is 2. The molecule has 22 heteroatoms. The number of alkyl halides is 6. The van der Waals surface area contributed by atoms with Crippen molar-refractivity contribution in [1.29, 1.82) is 0 Å². The number of nitrogens with one attached hydrogen (secondary N) is 2. The summed E-state index contributed by atoms with van der Waals surface area (Å²) >= 11 is 2.79. The minimum absolute atomic E-state index is 0.0239. The van der Waals surface area contributed by atoms with Crippen molar-refractivity contribution in [2.45, 2.75) is 60.9 Å². The topological polar surface area (TPSA) is 193 Å². The molecule has 2 heterocycles. The molecule has 8 aromatic rings. The first-order valence-electron chi connectivity index (χ1n) is 23.9. The highest BCUT2D eigenvalue weighted by Gasteiger charge is 2.31. The van der Waals surface area contributed by atoms with Crippen LogP contribution in [0.15, 0.2) is 166 Å². The van der Waals surface area contributed by atoms with Crippen LogP contribution in [0.5, 0.6) is 0 Å². The Morgan fingerprint density at radius 2 is 0.821 bits per heavy atom. The van der Waals surface area contributed by atoms with Gasteiger partial charge in [-0.2, -0.15) is 26.3 Å². The van der Waals surface area contributed by atoms with Gasteiger partial charge in [-0.15, -0.1) is 22.7 Å². The van der Waals surface area contributed by atoms with Crippen LogP contribution in [0.25, 0.3) is 22.5 Å². The van der Waals surface area contributed by atoms with Crippen molar-refractivity contribution in [1.82, 2.24) is 20.6 Å². The summed E-state index contributed by atoms with van der Waals surface area (Å²) in [6, 6.07) is 34.1. The van der Waals surface area contributed by atoms with Gasteiger partial charge >= 0.3 is 12.4 Å². The number of aromatic nitrogens is 2. The summed E-state index contributed by atoms with van der Waals surface area (Å²) in [4.78, 5) is 35.1. The lowest BCUT2D eigenvalue weighted by Crippen LogP contribution is -2.30. The molecule has 0 radical (unpaired) electrons. The van der Waals surface area contributed by atoms with Crippen LogP contribution in [0.2, 0.25) is 0 Å². The van der Waals surface area contributed by atoms with E-state index in [1.807, 2.05) is 10.8 Å². The van der Waals surface area contributed by atoms with Gasteiger partial charge in [-0.1, -0.05) is 86.6 Å². The van der Waals surface area contributed by atoms with Crippen LogP contribution in [0.1, 0.15) is 90.0 Å². The number of carbonyl (C=O) groups is 2. The summed E-state index contributed by atoms with van der Waals surface area (Å²) in [7, 11) is -6.71. The van der Waals surface area contributed by atoms with Crippen molar-refractivity contribution in [2.75, 3.05) is 24.7 Å². The molecule has 2 atom stereocenters. The fourth-order valence-corrected chi connectivity index (χ4v) is 11.1. The molecular weight excluding hydrogens is 1100 g/mol. The van der Waals surface area contributed by atoms with Crippen LogP contribution in [-0.4, -0.2) is 73.6 Å². The van der Waals surface area contributed by atoms with E-state index in [0.29, 0.717) is 46.5 Å². The van der Waals surface area contributed by atoms with Crippen LogP contribution < -0.4 is 10.6 Å². The molecule has 0 aliphatic rings. The molecule has 2 aromatic heterocycles. The molecular formula is C56H50F6N4O8S4. The number of aliphatic hydroxyl groups is 2. The Bertz CT molecular complexity index is 3300. The molecule has 6 aromatic carbocycles. The number of rotatable bonds is 18. The Morgan fingerprint density at radius 1 is 0.500 bits per heavy atom. The fourth-order valence-electron chi connectivity index (χ4n) is 7.71. The molecule has 78 heavy (non-hydrogen) atoms. The van der Waals surface area contributed by atoms with Gasteiger partial charge in [0.1, 0.15) is 0 Å². The molecule has 0 bridgehead atoms. The van der Waals surface area contributed by atoms with E-state index in [9.17, 15) is 63.0 Å². The monoisotopic (exact) mass is 1150 g/mol. The summed E-state index contributed by atoms with van der Waals surface area (Å²) in [6.07, 6.45) is -7.95. The summed E-state index contributed by atoms with van der Waals surface area (Å²) in [6.45, 7) is 2.37. The first-order valence-corrected chi connectivity index (χ1v) is 29.0. The Labute approximate surface area is 454 Å². The molecule has 408 valence electrons. The second-order valence-corrected chi connectivity index (χ2v) is 24.0. The van der Waals surface area contributed by atoms with Gasteiger partial charge in [-0.3, -0.25) is 9.59 Å². The van der Waals surface area contributed by atoms with Gasteiger partial charge in [0.25, 0.3) is 11.8 Å². The maximum atomic E-state index is 12.8. The maximum Gasteiger partial charge on any atom is 0.416 e. The normalized spacial score (nSPS) is 12.7. The molecule has 12 nitrogen and oxygen atoms in total. The fraction of sp³-hybridized carbons (Fsp3) is 0.214. The number of hydrogen-bond acceptors (Lipinski definition) is 12. The number of benzene rings is 6. The Morgan fingerprint density at radius 3 is 1.10 bits per heavy atom. The zero-order valence-corrected chi connectivity index (χ0v) is 44.8. The van der Waals surface area contributed by atoms with Crippen molar-refractivity contribution >= 4 is 54.2 Å². The molecule has 8 rings (SSSR count). The van der Waals surface area contributed by atoms with Crippen molar-refractivity contribution in [2.24, 2.45) is 0 Å². The first kappa shape index (κ1) is 58.6. The van der Waals surface area contributed by atoms with Crippen molar-refractivity contribution < 1.29 is 63.0 Å². The molecule has 2 amide bonds. The van der Waals surface area contributed by atoms with E-state index in [1.165, 1.54) is 71.2 Å². The van der Waals surface area contributed by atoms with Gasteiger partial charge in [0.2, 0.25) is 0 Å². The van der Waals surface area contributed by atoms with Crippen molar-refractivity contribution in [3.63, 3.8) is 0 Å². The average molecular weight is 1150 g/mol. The van der Waals surface area contributed by atoms with E-state index in [2.05, 4.69) is 20.6 Å². The number of sulfone groups is 2. The third kappa shape index (κ3) is 15.1. The largest absolute Gasteiger partial charge is 0.416 e. The smallest absolute Gasteiger partial charge is 0.394 e. The van der Waals surface area contributed by atoms with Gasteiger partial charge in [0.05, 0.1) is 79.1 Å². The van der Waals surface area contributed by atoms with Crippen molar-refractivity contribution in [3.05, 3.63) is 211 Å². The van der Waals surface area contributed by atoms with Crippen LogP contribution in [0.4, 0.5) is 26.3 Å². The highest BCUT2D eigenvalue weighted by Crippen LogP contribution is 2.32. The van der Waals surface area contributed by atoms with Gasteiger partial charge in [0.15, 0.2) is 19.7 Å². The van der Waals surface area contributed by atoms with Crippen molar-refractivity contribution in [3.8, 4) is 22.5 Å². The van der Waals surface area contributed by atoms with E-state index >= 15 is 0 Å². The minimum atomic E-state index is -4.37. The van der Waals surface area contributed by atoms with E-state index < -0.39 is 67.1 Å². The van der Waals surface area contributed by atoms with Gasteiger partial charge < -0.3 is 20.8 Å². The molecule has 0 aliphatic heterocycles. The van der Waals surface area contributed by atoms with Crippen LogP contribution in [0, 0.1) is 0 Å². The number of halogens is 6. The second-order valence-electron chi connectivity index (χ2n) is 17.5. The summed E-state index contributed by atoms with van der Waals surface area (Å²) < 4.78 is 125. The van der Waals surface area contributed by atoms with E-state index in [0.717, 1.165) is 56.5 Å². The third-order valence-electron chi connectivity index (χ3n) is 12.3.